The normalized spacial score (nSPS) is 25.5. The van der Waals surface area contributed by atoms with Gasteiger partial charge >= 0.3 is 0 Å². The van der Waals surface area contributed by atoms with E-state index in [1.165, 1.54) is 0 Å². The molecule has 9 heteroatoms. The van der Waals surface area contributed by atoms with Crippen LogP contribution in [0.2, 0.25) is 0 Å². The second-order valence-electron chi connectivity index (χ2n) is 7.27. The van der Waals surface area contributed by atoms with E-state index >= 15 is 0 Å². The van der Waals surface area contributed by atoms with Crippen LogP contribution in [0.3, 0.4) is 0 Å². The molecule has 1 aromatic carbocycles. The number of allylic oxidation sites excluding steroid dienone is 3. The van der Waals surface area contributed by atoms with Gasteiger partial charge in [0.05, 0.1) is 10.6 Å². The molecule has 29 heavy (non-hydrogen) atoms. The highest BCUT2D eigenvalue weighted by atomic mass is 79.9. The van der Waals surface area contributed by atoms with E-state index in [4.69, 9.17) is 16.6 Å². The van der Waals surface area contributed by atoms with Crippen molar-refractivity contribution < 1.29 is 8.42 Å². The molecule has 2 aromatic rings. The van der Waals surface area contributed by atoms with E-state index in [-0.39, 0.29) is 0 Å². The Bertz CT molecular complexity index is 1060. The number of hydrogen-bond donors (Lipinski definition) is 0. The van der Waals surface area contributed by atoms with Crippen molar-refractivity contribution in [1.82, 2.24) is 9.29 Å². The van der Waals surface area contributed by atoms with Crippen LogP contribution >= 0.6 is 38.9 Å². The zero-order chi connectivity index (χ0) is 20.6. The van der Waals surface area contributed by atoms with Crippen molar-refractivity contribution in [1.29, 1.82) is 0 Å². The topological polar surface area (TPSA) is 53.5 Å². The molecule has 0 bridgehead atoms. The maximum atomic E-state index is 13.1. The molecule has 0 saturated carbocycles. The van der Waals surface area contributed by atoms with E-state index in [0.29, 0.717) is 26.2 Å². The fourth-order valence-electron chi connectivity index (χ4n) is 3.57. The molecule has 1 aliphatic heterocycles. The van der Waals surface area contributed by atoms with Gasteiger partial charge in [-0.05, 0) is 19.1 Å². The lowest BCUT2D eigenvalue weighted by molar-refractivity contribution is 0.379. The Balaban J connectivity index is 1.45. The van der Waals surface area contributed by atoms with Crippen LogP contribution in [0.4, 0.5) is 5.13 Å². The number of sulfonamides is 1. The predicted molar refractivity (Wildman–Crippen MR) is 124 cm³/mol. The van der Waals surface area contributed by atoms with Gasteiger partial charge in [0.2, 0.25) is 10.0 Å². The first kappa shape index (κ1) is 21.1. The minimum atomic E-state index is -3.53. The second kappa shape index (κ2) is 8.15. The van der Waals surface area contributed by atoms with Gasteiger partial charge in [0.15, 0.2) is 5.13 Å². The molecular formula is C20H21BrClN3O2S2. The van der Waals surface area contributed by atoms with Crippen molar-refractivity contribution in [3.8, 4) is 11.3 Å². The lowest BCUT2D eigenvalue weighted by Crippen LogP contribution is -2.54. The van der Waals surface area contributed by atoms with Crippen LogP contribution in [0.5, 0.6) is 0 Å². The number of alkyl halides is 1. The first-order valence-electron chi connectivity index (χ1n) is 9.28. The van der Waals surface area contributed by atoms with E-state index < -0.39 is 20.1 Å². The molecule has 1 aliphatic carbocycles. The fourth-order valence-corrected chi connectivity index (χ4v) is 7.28. The number of anilines is 1. The van der Waals surface area contributed by atoms with Gasteiger partial charge < -0.3 is 4.90 Å². The van der Waals surface area contributed by atoms with Crippen LogP contribution in [0.1, 0.15) is 6.92 Å². The summed E-state index contributed by atoms with van der Waals surface area (Å²) >= 11 is 11.5. The quantitative estimate of drug-likeness (QED) is 0.563. The third-order valence-corrected chi connectivity index (χ3v) is 9.44. The van der Waals surface area contributed by atoms with E-state index in [1.807, 2.05) is 29.6 Å². The summed E-state index contributed by atoms with van der Waals surface area (Å²) in [5.41, 5.74) is 1.99. The van der Waals surface area contributed by atoms with E-state index in [1.54, 1.807) is 46.9 Å². The molecular weight excluding hydrogens is 494 g/mol. The summed E-state index contributed by atoms with van der Waals surface area (Å²) in [6.45, 7) is 3.81. The molecule has 1 fully saturated rings. The summed E-state index contributed by atoms with van der Waals surface area (Å²) < 4.78 is 28.9. The summed E-state index contributed by atoms with van der Waals surface area (Å²) in [5.74, 6) is 0. The third-order valence-electron chi connectivity index (χ3n) is 5.18. The summed E-state index contributed by atoms with van der Waals surface area (Å²) in [4.78, 5) is 5.98. The number of benzene rings is 1. The van der Waals surface area contributed by atoms with Gasteiger partial charge in [-0.15, -0.1) is 22.9 Å². The minimum Gasteiger partial charge on any atom is -0.345 e. The van der Waals surface area contributed by atoms with Crippen molar-refractivity contribution in [3.05, 3.63) is 58.4 Å². The molecule has 1 saturated heterocycles. The van der Waals surface area contributed by atoms with Crippen molar-refractivity contribution in [2.75, 3.05) is 31.1 Å². The summed E-state index contributed by atoms with van der Waals surface area (Å²) in [6, 6.07) is 8.04. The lowest BCUT2D eigenvalue weighted by Gasteiger charge is -2.38. The Hall–Kier alpha value is -1.19. The van der Waals surface area contributed by atoms with Gasteiger partial charge in [0, 0.05) is 41.6 Å². The SMILES string of the molecule is CC1(Cl)C=CC=CC1S(=O)(=O)N1CCN(c2nc(-c3cccc(Br)c3)cs2)CC1. The average Bonchev–Trinajstić information content (AvgIpc) is 3.18. The highest BCUT2D eigenvalue weighted by Gasteiger charge is 2.43. The van der Waals surface area contributed by atoms with Crippen molar-refractivity contribution >= 4 is 54.0 Å². The molecule has 0 radical (unpaired) electrons. The Morgan fingerprint density at radius 2 is 2.00 bits per heavy atom. The maximum absolute atomic E-state index is 13.1. The number of aromatic nitrogens is 1. The molecule has 0 amide bonds. The minimum absolute atomic E-state index is 0.426. The lowest BCUT2D eigenvalue weighted by atomic mass is 10.0. The van der Waals surface area contributed by atoms with Crippen molar-refractivity contribution in [2.45, 2.75) is 17.0 Å². The Labute approximate surface area is 188 Å². The van der Waals surface area contributed by atoms with E-state index in [2.05, 4.69) is 20.8 Å². The number of nitrogens with zero attached hydrogens (tertiary/aromatic N) is 3. The van der Waals surface area contributed by atoms with E-state index in [9.17, 15) is 8.42 Å². The number of hydrogen-bond acceptors (Lipinski definition) is 5. The van der Waals surface area contributed by atoms with Gasteiger partial charge in [-0.2, -0.15) is 4.31 Å². The average molecular weight is 515 g/mol. The highest BCUT2D eigenvalue weighted by molar-refractivity contribution is 9.10. The summed E-state index contributed by atoms with van der Waals surface area (Å²) in [6.07, 6.45) is 6.97. The molecule has 1 aromatic heterocycles. The van der Waals surface area contributed by atoms with Gasteiger partial charge in [-0.1, -0.05) is 52.4 Å². The zero-order valence-corrected chi connectivity index (χ0v) is 19.8. The first-order valence-corrected chi connectivity index (χ1v) is 12.8. The van der Waals surface area contributed by atoms with Crippen molar-refractivity contribution in [2.24, 2.45) is 0 Å². The van der Waals surface area contributed by atoms with Crippen LogP contribution in [0.15, 0.2) is 58.4 Å². The fraction of sp³-hybridized carbons (Fsp3) is 0.350. The Morgan fingerprint density at radius 3 is 2.69 bits per heavy atom. The standard InChI is InChI=1S/C20H21BrClN3O2S2/c1-20(22)8-3-2-7-18(20)29(26,27)25-11-9-24(10-12-25)19-23-17(14-28-19)15-5-4-6-16(21)13-15/h2-8,13-14,18H,9-12H2,1H3. The monoisotopic (exact) mass is 513 g/mol. The molecule has 2 aliphatic rings. The van der Waals surface area contributed by atoms with Crippen LogP contribution in [-0.4, -0.2) is 54.0 Å². The highest BCUT2D eigenvalue weighted by Crippen LogP contribution is 2.34. The van der Waals surface area contributed by atoms with Gasteiger partial charge in [0.1, 0.15) is 5.25 Å². The van der Waals surface area contributed by atoms with Crippen LogP contribution < -0.4 is 4.90 Å². The van der Waals surface area contributed by atoms with Crippen LogP contribution in [0.25, 0.3) is 11.3 Å². The summed E-state index contributed by atoms with van der Waals surface area (Å²) in [7, 11) is -3.53. The Kier molecular flexibility index (Phi) is 5.92. The molecule has 2 unspecified atom stereocenters. The number of halogens is 2. The first-order chi connectivity index (χ1) is 13.8. The molecule has 5 nitrogen and oxygen atoms in total. The number of rotatable bonds is 4. The molecule has 2 heterocycles. The zero-order valence-electron chi connectivity index (χ0n) is 15.8. The van der Waals surface area contributed by atoms with Crippen LogP contribution in [0, 0.1) is 0 Å². The van der Waals surface area contributed by atoms with Crippen molar-refractivity contribution in [3.63, 3.8) is 0 Å². The van der Waals surface area contributed by atoms with E-state index in [0.717, 1.165) is 20.9 Å². The molecule has 154 valence electrons. The maximum Gasteiger partial charge on any atom is 0.222 e. The molecule has 0 N–H and O–H groups in total. The Morgan fingerprint density at radius 1 is 1.24 bits per heavy atom. The molecule has 0 spiro atoms. The smallest absolute Gasteiger partial charge is 0.222 e. The van der Waals surface area contributed by atoms with Gasteiger partial charge in [-0.3, -0.25) is 0 Å². The molecule has 2 atom stereocenters. The largest absolute Gasteiger partial charge is 0.345 e. The van der Waals surface area contributed by atoms with Gasteiger partial charge in [-0.25, -0.2) is 13.4 Å². The van der Waals surface area contributed by atoms with Gasteiger partial charge in [0.25, 0.3) is 0 Å². The molecule has 4 rings (SSSR count). The summed E-state index contributed by atoms with van der Waals surface area (Å²) in [5, 5.41) is 2.20. The number of thiazole rings is 1. The second-order valence-corrected chi connectivity index (χ2v) is 11.9. The predicted octanol–water partition coefficient (Wildman–Crippen LogP) is 4.52. The third kappa shape index (κ3) is 4.32. The van der Waals surface area contributed by atoms with Crippen LogP contribution in [-0.2, 0) is 10.0 Å². The number of piperazine rings is 1.